The maximum absolute atomic E-state index is 13.0. The minimum atomic E-state index is -0.696. The molecular formula is C20H29N3O3. The highest BCUT2D eigenvalue weighted by atomic mass is 16.5. The van der Waals surface area contributed by atoms with Crippen LogP contribution < -0.4 is 5.32 Å². The predicted molar refractivity (Wildman–Crippen MR) is 99.9 cm³/mol. The highest BCUT2D eigenvalue weighted by Crippen LogP contribution is 2.26. The summed E-state index contributed by atoms with van der Waals surface area (Å²) in [6.07, 6.45) is 1.83. The normalized spacial score (nSPS) is 20.1. The summed E-state index contributed by atoms with van der Waals surface area (Å²) in [6.45, 7) is 5.97. The van der Waals surface area contributed by atoms with Gasteiger partial charge < -0.3 is 19.9 Å². The van der Waals surface area contributed by atoms with Crippen molar-refractivity contribution < 1.29 is 14.3 Å². The van der Waals surface area contributed by atoms with Gasteiger partial charge in [-0.3, -0.25) is 9.59 Å². The summed E-state index contributed by atoms with van der Waals surface area (Å²) < 4.78 is 5.65. The van der Waals surface area contributed by atoms with Gasteiger partial charge in [-0.15, -0.1) is 0 Å². The molecule has 2 fully saturated rings. The number of piperidine rings is 1. The molecule has 0 aromatic heterocycles. The molecule has 3 rings (SSSR count). The number of carbonyl (C=O) groups is 2. The van der Waals surface area contributed by atoms with Crippen LogP contribution in [0.15, 0.2) is 24.3 Å². The molecule has 0 saturated carbocycles. The van der Waals surface area contributed by atoms with E-state index in [9.17, 15) is 9.59 Å². The molecule has 6 heteroatoms. The van der Waals surface area contributed by atoms with E-state index in [-0.39, 0.29) is 11.8 Å². The number of aryl methyl sites for hydroxylation is 1. The van der Waals surface area contributed by atoms with Gasteiger partial charge in [-0.25, -0.2) is 0 Å². The molecule has 0 aliphatic carbocycles. The highest BCUT2D eigenvalue weighted by Gasteiger charge is 2.43. The molecule has 2 aliphatic heterocycles. The number of nitrogens with zero attached hydrogens (tertiary/aromatic N) is 2. The van der Waals surface area contributed by atoms with Crippen molar-refractivity contribution in [1.29, 1.82) is 0 Å². The minimum absolute atomic E-state index is 0.0764. The quantitative estimate of drug-likeness (QED) is 0.870. The van der Waals surface area contributed by atoms with Crippen molar-refractivity contribution in [3.63, 3.8) is 0 Å². The molecule has 2 saturated heterocycles. The van der Waals surface area contributed by atoms with Gasteiger partial charge in [0.1, 0.15) is 5.60 Å². The molecule has 142 valence electrons. The molecule has 0 atom stereocenters. The molecule has 0 bridgehead atoms. The number of nitrogens with one attached hydrogen (secondary N) is 1. The molecule has 0 spiro atoms. The molecule has 1 N–H and O–H groups in total. The zero-order valence-corrected chi connectivity index (χ0v) is 15.8. The zero-order chi connectivity index (χ0) is 18.6. The topological polar surface area (TPSA) is 61.9 Å². The first-order valence-electron chi connectivity index (χ1n) is 9.43. The van der Waals surface area contributed by atoms with Crippen molar-refractivity contribution in [3.05, 3.63) is 35.4 Å². The Balaban J connectivity index is 1.56. The third kappa shape index (κ3) is 3.91. The van der Waals surface area contributed by atoms with E-state index < -0.39 is 5.60 Å². The van der Waals surface area contributed by atoms with E-state index >= 15 is 0 Å². The average molecular weight is 359 g/mol. The molecule has 0 radical (unpaired) electrons. The van der Waals surface area contributed by atoms with E-state index in [4.69, 9.17) is 4.74 Å². The number of hydrogen-bond donors (Lipinski definition) is 1. The Bertz CT molecular complexity index is 647. The third-order valence-electron chi connectivity index (χ3n) is 5.71. The Morgan fingerprint density at radius 1 is 1.08 bits per heavy atom. The van der Waals surface area contributed by atoms with Gasteiger partial charge in [-0.05, 0) is 44.0 Å². The van der Waals surface area contributed by atoms with Gasteiger partial charge >= 0.3 is 0 Å². The fraction of sp³-hybridized carbons (Fsp3) is 0.600. The Morgan fingerprint density at radius 3 is 2.31 bits per heavy atom. The van der Waals surface area contributed by atoms with E-state index in [2.05, 4.69) is 5.32 Å². The highest BCUT2D eigenvalue weighted by molar-refractivity contribution is 5.86. The van der Waals surface area contributed by atoms with Crippen LogP contribution in [0.2, 0.25) is 0 Å². The first kappa shape index (κ1) is 18.9. The van der Waals surface area contributed by atoms with Crippen LogP contribution in [0.1, 0.15) is 24.0 Å². The molecule has 2 heterocycles. The largest absolute Gasteiger partial charge is 0.368 e. The lowest BCUT2D eigenvalue weighted by Crippen LogP contribution is -2.59. The molecule has 1 aromatic rings. The lowest BCUT2D eigenvalue weighted by molar-refractivity contribution is -0.161. The summed E-state index contributed by atoms with van der Waals surface area (Å²) in [5, 5.41) is 3.28. The number of carbonyl (C=O) groups excluding carboxylic acids is 2. The summed E-state index contributed by atoms with van der Waals surface area (Å²) in [4.78, 5) is 29.3. The van der Waals surface area contributed by atoms with Gasteiger partial charge in [0, 0.05) is 33.3 Å². The molecule has 2 amide bonds. The van der Waals surface area contributed by atoms with Crippen LogP contribution in [0.5, 0.6) is 0 Å². The number of hydrogen-bond acceptors (Lipinski definition) is 4. The standard InChI is InChI=1S/C20H29N3O3/c1-16-5-3-4-6-17(16)15-18(24)22-11-13-23(14-12-22)19(25)20(26-2)7-9-21-10-8-20/h3-6,21H,7-15H2,1-2H3. The minimum Gasteiger partial charge on any atom is -0.368 e. The van der Waals surface area contributed by atoms with E-state index in [1.54, 1.807) is 7.11 Å². The van der Waals surface area contributed by atoms with E-state index in [0.717, 1.165) is 24.2 Å². The van der Waals surface area contributed by atoms with Crippen LogP contribution in [-0.2, 0) is 20.7 Å². The lowest BCUT2D eigenvalue weighted by Gasteiger charge is -2.42. The first-order chi connectivity index (χ1) is 12.6. The van der Waals surface area contributed by atoms with Gasteiger partial charge in [0.25, 0.3) is 5.91 Å². The van der Waals surface area contributed by atoms with Crippen LogP contribution in [0.25, 0.3) is 0 Å². The van der Waals surface area contributed by atoms with Gasteiger partial charge in [-0.2, -0.15) is 0 Å². The summed E-state index contributed by atoms with van der Waals surface area (Å²) in [5.41, 5.74) is 1.52. The number of amides is 2. The number of benzene rings is 1. The summed E-state index contributed by atoms with van der Waals surface area (Å²) >= 11 is 0. The predicted octanol–water partition coefficient (Wildman–Crippen LogP) is 0.977. The Labute approximate surface area is 155 Å². The summed E-state index contributed by atoms with van der Waals surface area (Å²) in [5.74, 6) is 0.210. The fourth-order valence-corrected chi connectivity index (χ4v) is 3.87. The number of rotatable bonds is 4. The number of methoxy groups -OCH3 is 1. The van der Waals surface area contributed by atoms with Crippen LogP contribution >= 0.6 is 0 Å². The van der Waals surface area contributed by atoms with Gasteiger partial charge in [0.2, 0.25) is 5.91 Å². The van der Waals surface area contributed by atoms with Crippen molar-refractivity contribution in [1.82, 2.24) is 15.1 Å². The second-order valence-corrected chi connectivity index (χ2v) is 7.22. The zero-order valence-electron chi connectivity index (χ0n) is 15.8. The smallest absolute Gasteiger partial charge is 0.255 e. The van der Waals surface area contributed by atoms with Crippen molar-refractivity contribution in [3.8, 4) is 0 Å². The van der Waals surface area contributed by atoms with Gasteiger partial charge in [-0.1, -0.05) is 24.3 Å². The van der Waals surface area contributed by atoms with Crippen molar-refractivity contribution in [2.75, 3.05) is 46.4 Å². The van der Waals surface area contributed by atoms with E-state index in [1.165, 1.54) is 0 Å². The maximum Gasteiger partial charge on any atom is 0.255 e. The summed E-state index contributed by atoms with van der Waals surface area (Å²) in [7, 11) is 1.63. The molecular weight excluding hydrogens is 330 g/mol. The van der Waals surface area contributed by atoms with Crippen molar-refractivity contribution >= 4 is 11.8 Å². The maximum atomic E-state index is 13.0. The molecule has 26 heavy (non-hydrogen) atoms. The molecule has 0 unspecified atom stereocenters. The van der Waals surface area contributed by atoms with Crippen LogP contribution in [-0.4, -0.2) is 73.6 Å². The Morgan fingerprint density at radius 2 is 1.69 bits per heavy atom. The van der Waals surface area contributed by atoms with Crippen LogP contribution in [0, 0.1) is 6.92 Å². The van der Waals surface area contributed by atoms with Crippen molar-refractivity contribution in [2.45, 2.75) is 31.8 Å². The molecule has 2 aliphatic rings. The third-order valence-corrected chi connectivity index (χ3v) is 5.71. The van der Waals surface area contributed by atoms with Crippen LogP contribution in [0.3, 0.4) is 0 Å². The lowest BCUT2D eigenvalue weighted by atomic mass is 9.90. The van der Waals surface area contributed by atoms with Crippen LogP contribution in [0.4, 0.5) is 0 Å². The van der Waals surface area contributed by atoms with Gasteiger partial charge in [0.15, 0.2) is 0 Å². The summed E-state index contributed by atoms with van der Waals surface area (Å²) in [6, 6.07) is 7.99. The fourth-order valence-electron chi connectivity index (χ4n) is 3.87. The number of piperazine rings is 1. The van der Waals surface area contributed by atoms with Crippen molar-refractivity contribution in [2.24, 2.45) is 0 Å². The monoisotopic (exact) mass is 359 g/mol. The number of ether oxygens (including phenoxy) is 1. The molecule has 6 nitrogen and oxygen atoms in total. The Hall–Kier alpha value is -1.92. The first-order valence-corrected chi connectivity index (χ1v) is 9.43. The average Bonchev–Trinajstić information content (AvgIpc) is 2.69. The SMILES string of the molecule is COC1(C(=O)N2CCN(C(=O)Cc3ccccc3C)CC2)CCNCC1. The molecule has 1 aromatic carbocycles. The van der Waals surface area contributed by atoms with Gasteiger partial charge in [0.05, 0.1) is 6.42 Å². The Kier molecular flexibility index (Phi) is 5.94. The van der Waals surface area contributed by atoms with E-state index in [1.807, 2.05) is 41.0 Å². The second-order valence-electron chi connectivity index (χ2n) is 7.22. The second kappa shape index (κ2) is 8.18. The van der Waals surface area contributed by atoms with E-state index in [0.29, 0.717) is 45.4 Å².